The van der Waals surface area contributed by atoms with Gasteiger partial charge in [0.25, 0.3) is 5.91 Å². The molecule has 8 N–H and O–H groups in total. The van der Waals surface area contributed by atoms with Crippen LogP contribution in [-0.4, -0.2) is 94.3 Å². The number of hydrogen-bond acceptors (Lipinski definition) is 13. The molecule has 8 aromatic rings. The molecule has 0 atom stereocenters. The largest absolute Gasteiger partial charge is 0.478 e. The summed E-state index contributed by atoms with van der Waals surface area (Å²) in [5.74, 6) is -1.23. The van der Waals surface area contributed by atoms with Crippen molar-refractivity contribution in [2.24, 2.45) is 0 Å². The fourth-order valence-electron chi connectivity index (χ4n) is 9.01. The Hall–Kier alpha value is -9.32. The fourth-order valence-corrected chi connectivity index (χ4v) is 9.01. The van der Waals surface area contributed by atoms with E-state index in [-0.39, 0.29) is 76.6 Å². The lowest BCUT2D eigenvalue weighted by atomic mass is 9.99. The second kappa shape index (κ2) is 27.2. The summed E-state index contributed by atoms with van der Waals surface area (Å²) in [5, 5.41) is 17.9. The molecule has 0 unspecified atom stereocenters. The number of aromatic nitrogens is 2. The Labute approximate surface area is 491 Å². The number of carboxylic acids is 1. The maximum Gasteiger partial charge on any atom is 0.420 e. The summed E-state index contributed by atoms with van der Waals surface area (Å²) in [7, 11) is 0. The van der Waals surface area contributed by atoms with E-state index in [1.807, 2.05) is 13.8 Å². The van der Waals surface area contributed by atoms with Crippen LogP contribution >= 0.6 is 0 Å². The minimum Gasteiger partial charge on any atom is -0.478 e. The van der Waals surface area contributed by atoms with Gasteiger partial charge in [-0.25, -0.2) is 14.8 Å². The first-order chi connectivity index (χ1) is 40.2. The summed E-state index contributed by atoms with van der Waals surface area (Å²) >= 11 is 0. The molecule has 10 rings (SSSR count). The van der Waals surface area contributed by atoms with Crippen molar-refractivity contribution >= 4 is 69.4 Å². The van der Waals surface area contributed by atoms with Crippen LogP contribution in [0.5, 0.6) is 0 Å². The molecule has 3 amide bonds. The smallest absolute Gasteiger partial charge is 0.420 e. The van der Waals surface area contributed by atoms with Crippen LogP contribution in [0.25, 0.3) is 56.3 Å². The number of pyridine rings is 2. The van der Waals surface area contributed by atoms with Crippen molar-refractivity contribution in [2.45, 2.75) is 71.8 Å². The zero-order chi connectivity index (χ0) is 61.3. The molecular weight excluding hydrogens is 1130 g/mol. The number of halogens is 6. The molecule has 17 nitrogen and oxygen atoms in total. The van der Waals surface area contributed by atoms with Crippen molar-refractivity contribution in [2.75, 3.05) is 50.9 Å². The third kappa shape index (κ3) is 17.4. The first kappa shape index (κ1) is 64.2. The molecule has 2 fully saturated rings. The Balaban J connectivity index is 0.000000218. The molecule has 0 bridgehead atoms. The second-order valence-electron chi connectivity index (χ2n) is 21.0. The number of furan rings is 2. The first-order valence-corrected chi connectivity index (χ1v) is 26.5. The molecule has 0 saturated carbocycles. The number of carbonyl (C=O) groups excluding carboxylic acids is 3. The van der Waals surface area contributed by atoms with Gasteiger partial charge in [0, 0.05) is 67.1 Å². The number of amides is 3. The summed E-state index contributed by atoms with van der Waals surface area (Å²) in [6.07, 6.45) is -0.780. The van der Waals surface area contributed by atoms with Gasteiger partial charge in [0.15, 0.2) is 0 Å². The summed E-state index contributed by atoms with van der Waals surface area (Å²) < 4.78 is 105. The monoisotopic (exact) mass is 1190 g/mol. The maximum absolute atomic E-state index is 14.0. The average Bonchev–Trinajstić information content (AvgIpc) is 1.68. The number of rotatable bonds is 12. The van der Waals surface area contributed by atoms with E-state index >= 15 is 0 Å². The first-order valence-electron chi connectivity index (χ1n) is 26.5. The standard InChI is InChI=1S/C31H29F3N4O4.C25H18F3N3O4.C6H13NO.CH4/c1-30(2)18-38(11-12-41-30)29(40)21-7-5-20(6-8-21)22-13-23-14-24(42-28(23)25(15-22)31(32,33)34)17-37-27(39)10-4-19-3-9-26(35)36-16-19;26-25(27,28)20-11-17(15-3-5-16(6-4-15)24(33)34)9-18-10-19(35-23(18)20)13-31-22(32)8-2-14-1-7-21(29)30-12-14;1-6(2)5-7-3-4-8-6;/h3-10,13-16H,11-12,17-18H2,1-2H3,(H2,35,36)(H,37,39);1-12H,13H2,(H2,29,30)(H,31,32)(H,33,34);7H,3-5H2,1-2H3;1H4/b10-4+;8-2+;;. The number of carboxylic acid groups (broad SMARTS) is 1. The SMILES string of the molecule is C.CC1(C)CN(C(=O)c2ccc(-c3cc(C(F)(F)F)c4oc(CNC(=O)/C=C/c5ccc(N)nc5)cc4c3)cc2)CCO1.CC1(C)CNCCO1.Nc1ccc(/C=C/C(=O)NCc2cc3cc(-c4ccc(C(=O)O)cc4)cc(C(F)(F)F)c3o2)cn1. The molecule has 2 aliphatic heterocycles. The zero-order valence-corrected chi connectivity index (χ0v) is 46.5. The van der Waals surface area contributed by atoms with Crippen LogP contribution in [0, 0.1) is 0 Å². The number of ether oxygens (including phenoxy) is 2. The van der Waals surface area contributed by atoms with E-state index in [1.54, 1.807) is 59.5 Å². The number of carbonyl (C=O) groups is 4. The van der Waals surface area contributed by atoms with E-state index in [9.17, 15) is 45.5 Å². The second-order valence-corrected chi connectivity index (χ2v) is 21.0. The predicted octanol–water partition coefficient (Wildman–Crippen LogP) is 11.8. The van der Waals surface area contributed by atoms with Crippen LogP contribution in [0.15, 0.2) is 143 Å². The van der Waals surface area contributed by atoms with Gasteiger partial charge in [-0.2, -0.15) is 26.3 Å². The zero-order valence-electron chi connectivity index (χ0n) is 46.5. The number of benzene rings is 4. The number of hydrogen-bond donors (Lipinski definition) is 6. The fraction of sp³-hybridized carbons (Fsp3) is 0.270. The molecule has 0 spiro atoms. The Morgan fingerprint density at radius 3 is 1.45 bits per heavy atom. The van der Waals surface area contributed by atoms with Gasteiger partial charge in [-0.3, -0.25) is 14.4 Å². The van der Waals surface area contributed by atoms with Crippen molar-refractivity contribution in [3.8, 4) is 22.3 Å². The Kier molecular flexibility index (Phi) is 20.3. The van der Waals surface area contributed by atoms with Gasteiger partial charge < -0.3 is 55.7 Å². The van der Waals surface area contributed by atoms with Crippen LogP contribution in [0.2, 0.25) is 0 Å². The number of anilines is 2. The lowest BCUT2D eigenvalue weighted by molar-refractivity contribution is -0.137. The molecule has 4 aromatic carbocycles. The van der Waals surface area contributed by atoms with Gasteiger partial charge in [-0.1, -0.05) is 31.7 Å². The maximum atomic E-state index is 14.0. The number of alkyl halides is 6. The number of aromatic carboxylic acids is 1. The van der Waals surface area contributed by atoms with Crippen LogP contribution < -0.4 is 27.4 Å². The van der Waals surface area contributed by atoms with Crippen LogP contribution in [-0.2, 0) is 44.5 Å². The lowest BCUT2D eigenvalue weighted by Gasteiger charge is -2.38. The highest BCUT2D eigenvalue weighted by Crippen LogP contribution is 2.41. The minimum absolute atomic E-state index is 0. The number of nitrogens with one attached hydrogen (secondary N) is 3. The van der Waals surface area contributed by atoms with Gasteiger partial charge in [-0.05, 0) is 158 Å². The molecule has 86 heavy (non-hydrogen) atoms. The highest BCUT2D eigenvalue weighted by Gasteiger charge is 2.37. The van der Waals surface area contributed by atoms with E-state index in [4.69, 9.17) is 34.9 Å². The van der Waals surface area contributed by atoms with Crippen molar-refractivity contribution in [3.63, 3.8) is 0 Å². The van der Waals surface area contributed by atoms with Crippen molar-refractivity contribution in [1.29, 1.82) is 0 Å². The molecular formula is C63H64F6N8O9. The van der Waals surface area contributed by atoms with Crippen molar-refractivity contribution < 1.29 is 68.9 Å². The van der Waals surface area contributed by atoms with Gasteiger partial charge >= 0.3 is 18.3 Å². The number of nitrogen functional groups attached to an aromatic ring is 2. The Bertz CT molecular complexity index is 3740. The van der Waals surface area contributed by atoms with E-state index in [1.165, 1.54) is 79.2 Å². The van der Waals surface area contributed by atoms with Gasteiger partial charge in [-0.15, -0.1) is 0 Å². The summed E-state index contributed by atoms with van der Waals surface area (Å²) in [5.41, 5.74) is 11.4. The van der Waals surface area contributed by atoms with E-state index in [2.05, 4.69) is 39.8 Å². The summed E-state index contributed by atoms with van der Waals surface area (Å²) in [6.45, 7) is 12.0. The Morgan fingerprint density at radius 2 is 1.08 bits per heavy atom. The number of nitrogens with two attached hydrogens (primary N) is 2. The predicted molar refractivity (Wildman–Crippen MR) is 315 cm³/mol. The van der Waals surface area contributed by atoms with Crippen molar-refractivity contribution in [3.05, 3.63) is 179 Å². The van der Waals surface area contributed by atoms with E-state index < -0.39 is 46.9 Å². The number of morpholine rings is 2. The lowest BCUT2D eigenvalue weighted by Crippen LogP contribution is -2.50. The molecule has 2 aliphatic rings. The minimum atomic E-state index is -4.69. The summed E-state index contributed by atoms with van der Waals surface area (Å²) in [4.78, 5) is 58.0. The molecule has 2 saturated heterocycles. The van der Waals surface area contributed by atoms with Crippen LogP contribution in [0.4, 0.5) is 38.0 Å². The molecule has 0 aliphatic carbocycles. The highest BCUT2D eigenvalue weighted by atomic mass is 19.4. The quantitative estimate of drug-likeness (QED) is 0.0492. The van der Waals surface area contributed by atoms with Crippen LogP contribution in [0.3, 0.4) is 0 Å². The van der Waals surface area contributed by atoms with Gasteiger partial charge in [0.05, 0.1) is 54.2 Å². The molecule has 23 heteroatoms. The molecule has 452 valence electrons. The van der Waals surface area contributed by atoms with E-state index in [0.717, 1.165) is 31.8 Å². The normalized spacial score (nSPS) is 14.8. The molecule has 6 heterocycles. The van der Waals surface area contributed by atoms with E-state index in [0.29, 0.717) is 64.7 Å². The van der Waals surface area contributed by atoms with Gasteiger partial charge in [0.1, 0.15) is 34.3 Å². The van der Waals surface area contributed by atoms with Gasteiger partial charge in [0.2, 0.25) is 11.8 Å². The topological polar surface area (TPSA) is 250 Å². The molecule has 0 radical (unpaired) electrons. The van der Waals surface area contributed by atoms with Crippen LogP contribution in [0.1, 0.15) is 89.6 Å². The third-order valence-corrected chi connectivity index (χ3v) is 13.3. The Morgan fingerprint density at radius 1 is 0.628 bits per heavy atom. The number of nitrogens with zero attached hydrogens (tertiary/aromatic N) is 3. The highest BCUT2D eigenvalue weighted by molar-refractivity contribution is 5.96. The third-order valence-electron chi connectivity index (χ3n) is 13.3. The molecule has 4 aromatic heterocycles. The van der Waals surface area contributed by atoms with Crippen molar-refractivity contribution in [1.82, 2.24) is 30.8 Å². The average molecular weight is 1190 g/mol. The summed E-state index contributed by atoms with van der Waals surface area (Å²) in [6, 6.07) is 26.5. The number of fused-ring (bicyclic) bond motifs is 2.